The number of ether oxygens (including phenoxy) is 1. The summed E-state index contributed by atoms with van der Waals surface area (Å²) < 4.78 is 5.82. The molecule has 132 valence electrons. The van der Waals surface area contributed by atoms with Gasteiger partial charge in [0, 0.05) is 0 Å². The quantitative estimate of drug-likeness (QED) is 0.775. The number of aliphatic hydroxyl groups excluding tert-OH is 2. The highest BCUT2D eigenvalue weighted by Gasteiger charge is 2.48. The maximum absolute atomic E-state index is 12.1. The lowest BCUT2D eigenvalue weighted by molar-refractivity contribution is -0.167. The van der Waals surface area contributed by atoms with Gasteiger partial charge in [-0.05, 0) is 42.4 Å². The zero-order valence-corrected chi connectivity index (χ0v) is 14.4. The molecule has 2 aromatic rings. The van der Waals surface area contributed by atoms with Crippen LogP contribution in [0.5, 0.6) is 0 Å². The zero-order chi connectivity index (χ0) is 17.9. The minimum atomic E-state index is -1.37. The smallest absolute Gasteiger partial charge is 0.192 e. The average Bonchev–Trinajstić information content (AvgIpc) is 3.51. The monoisotopic (exact) mass is 340 g/mol. The number of hydrogen-bond donors (Lipinski definition) is 2. The second-order valence-corrected chi connectivity index (χ2v) is 6.82. The largest absolute Gasteiger partial charge is 0.389 e. The van der Waals surface area contributed by atoms with E-state index in [9.17, 15) is 15.0 Å². The van der Waals surface area contributed by atoms with Crippen LogP contribution in [0.4, 0.5) is 0 Å². The van der Waals surface area contributed by atoms with Crippen LogP contribution in [-0.4, -0.2) is 34.3 Å². The van der Waals surface area contributed by atoms with Crippen molar-refractivity contribution in [3.8, 4) is 11.1 Å². The maximum Gasteiger partial charge on any atom is 0.192 e. The molecule has 3 rings (SSSR count). The van der Waals surface area contributed by atoms with Gasteiger partial charge in [-0.15, -0.1) is 0 Å². The Morgan fingerprint density at radius 2 is 1.72 bits per heavy atom. The topological polar surface area (TPSA) is 66.8 Å². The maximum atomic E-state index is 12.1. The van der Waals surface area contributed by atoms with Crippen LogP contribution < -0.4 is 0 Å². The molecule has 0 saturated heterocycles. The summed E-state index contributed by atoms with van der Waals surface area (Å²) in [6.07, 6.45) is 0.908. The number of aliphatic hydroxyl groups is 2. The molecule has 25 heavy (non-hydrogen) atoms. The van der Waals surface area contributed by atoms with E-state index in [1.807, 2.05) is 42.5 Å². The highest BCUT2D eigenvalue weighted by Crippen LogP contribution is 2.39. The van der Waals surface area contributed by atoms with Crippen LogP contribution in [0, 0.1) is 5.92 Å². The van der Waals surface area contributed by atoms with Crippen LogP contribution in [0.2, 0.25) is 0 Å². The van der Waals surface area contributed by atoms with Crippen molar-refractivity contribution in [3.63, 3.8) is 0 Å². The molecule has 0 aliphatic heterocycles. The van der Waals surface area contributed by atoms with E-state index < -0.39 is 24.1 Å². The van der Waals surface area contributed by atoms with Crippen molar-refractivity contribution in [2.75, 3.05) is 6.61 Å². The molecule has 0 amide bonds. The second kappa shape index (κ2) is 7.48. The highest BCUT2D eigenvalue weighted by molar-refractivity contribution is 5.88. The lowest BCUT2D eigenvalue weighted by Gasteiger charge is -2.33. The molecule has 2 aromatic carbocycles. The van der Waals surface area contributed by atoms with E-state index in [1.54, 1.807) is 6.92 Å². The summed E-state index contributed by atoms with van der Waals surface area (Å²) in [6.45, 7) is 1.15. The van der Waals surface area contributed by atoms with Crippen molar-refractivity contribution in [3.05, 3.63) is 60.2 Å². The standard InChI is InChI=1S/C21H24O4/c1-21(19(23)13-22,20(24)18-11-12-18)25-14-15-7-9-17(10-8-15)16-5-3-2-4-6-16/h2-10,18,20,22,24H,11-14H2,1H3/t20-,21+/m0/s1. The third kappa shape index (κ3) is 3.98. The van der Waals surface area contributed by atoms with Gasteiger partial charge in [0.1, 0.15) is 6.61 Å². The molecule has 0 spiro atoms. The van der Waals surface area contributed by atoms with E-state index in [4.69, 9.17) is 4.74 Å². The first-order valence-electron chi connectivity index (χ1n) is 8.65. The predicted molar refractivity (Wildman–Crippen MR) is 95.9 cm³/mol. The Bertz CT molecular complexity index is 706. The van der Waals surface area contributed by atoms with E-state index in [2.05, 4.69) is 12.1 Å². The molecule has 2 N–H and O–H groups in total. The van der Waals surface area contributed by atoms with E-state index >= 15 is 0 Å². The number of benzene rings is 2. The van der Waals surface area contributed by atoms with Crippen molar-refractivity contribution >= 4 is 5.78 Å². The summed E-state index contributed by atoms with van der Waals surface area (Å²) >= 11 is 0. The van der Waals surface area contributed by atoms with Crippen LogP contribution >= 0.6 is 0 Å². The molecule has 1 aliphatic rings. The molecular weight excluding hydrogens is 316 g/mol. The molecule has 2 atom stereocenters. The van der Waals surface area contributed by atoms with Gasteiger partial charge >= 0.3 is 0 Å². The van der Waals surface area contributed by atoms with E-state index in [-0.39, 0.29) is 12.5 Å². The predicted octanol–water partition coefficient (Wildman–Crippen LogP) is 2.96. The third-order valence-corrected chi connectivity index (χ3v) is 4.93. The Morgan fingerprint density at radius 1 is 1.12 bits per heavy atom. The van der Waals surface area contributed by atoms with Gasteiger partial charge in [0.15, 0.2) is 11.4 Å². The van der Waals surface area contributed by atoms with Crippen molar-refractivity contribution in [1.82, 2.24) is 0 Å². The Labute approximate surface area is 148 Å². The summed E-state index contributed by atoms with van der Waals surface area (Å²) in [5.41, 5.74) is 1.80. The van der Waals surface area contributed by atoms with E-state index in [0.717, 1.165) is 29.5 Å². The number of rotatable bonds is 8. The Kier molecular flexibility index (Phi) is 5.33. The number of Topliss-reactive ketones (excluding diaryl/α,β-unsaturated/α-hetero) is 1. The molecule has 0 bridgehead atoms. The minimum Gasteiger partial charge on any atom is -0.389 e. The minimum absolute atomic E-state index is 0.0842. The number of carbonyl (C=O) groups is 1. The van der Waals surface area contributed by atoms with Crippen LogP contribution in [-0.2, 0) is 16.1 Å². The van der Waals surface area contributed by atoms with Crippen molar-refractivity contribution in [2.45, 2.75) is 38.1 Å². The van der Waals surface area contributed by atoms with Crippen LogP contribution in [0.1, 0.15) is 25.3 Å². The molecule has 4 heteroatoms. The van der Waals surface area contributed by atoms with Crippen molar-refractivity contribution < 1.29 is 19.7 Å². The van der Waals surface area contributed by atoms with E-state index in [0.29, 0.717) is 0 Å². The fourth-order valence-electron chi connectivity index (χ4n) is 3.01. The van der Waals surface area contributed by atoms with Gasteiger partial charge in [0.05, 0.1) is 12.7 Å². The first kappa shape index (κ1) is 17.8. The Hall–Kier alpha value is -2.01. The number of carbonyl (C=O) groups excluding carboxylic acids is 1. The van der Waals surface area contributed by atoms with Gasteiger partial charge < -0.3 is 14.9 Å². The van der Waals surface area contributed by atoms with Gasteiger partial charge in [-0.3, -0.25) is 4.79 Å². The lowest BCUT2D eigenvalue weighted by Crippen LogP contribution is -2.51. The highest BCUT2D eigenvalue weighted by atomic mass is 16.5. The fourth-order valence-corrected chi connectivity index (χ4v) is 3.01. The average molecular weight is 340 g/mol. The van der Waals surface area contributed by atoms with Crippen molar-refractivity contribution in [2.24, 2.45) is 5.92 Å². The van der Waals surface area contributed by atoms with Gasteiger partial charge in [0.2, 0.25) is 0 Å². The molecule has 1 fully saturated rings. The molecule has 0 aromatic heterocycles. The lowest BCUT2D eigenvalue weighted by atomic mass is 9.90. The molecule has 0 radical (unpaired) electrons. The Morgan fingerprint density at radius 3 is 2.28 bits per heavy atom. The van der Waals surface area contributed by atoms with Gasteiger partial charge in [-0.1, -0.05) is 54.6 Å². The van der Waals surface area contributed by atoms with Crippen molar-refractivity contribution in [1.29, 1.82) is 0 Å². The summed E-state index contributed by atoms with van der Waals surface area (Å²) in [4.78, 5) is 12.1. The number of ketones is 1. The van der Waals surface area contributed by atoms with Crippen LogP contribution in [0.15, 0.2) is 54.6 Å². The summed E-state index contributed by atoms with van der Waals surface area (Å²) in [6, 6.07) is 18.0. The molecule has 1 aliphatic carbocycles. The van der Waals surface area contributed by atoms with E-state index in [1.165, 1.54) is 0 Å². The van der Waals surface area contributed by atoms with Gasteiger partial charge in [-0.25, -0.2) is 0 Å². The van der Waals surface area contributed by atoms with Crippen LogP contribution in [0.25, 0.3) is 11.1 Å². The normalized spacial score (nSPS) is 17.7. The number of hydrogen-bond acceptors (Lipinski definition) is 4. The second-order valence-electron chi connectivity index (χ2n) is 6.82. The first-order chi connectivity index (χ1) is 12.0. The van der Waals surface area contributed by atoms with Crippen LogP contribution in [0.3, 0.4) is 0 Å². The third-order valence-electron chi connectivity index (χ3n) is 4.93. The first-order valence-corrected chi connectivity index (χ1v) is 8.65. The molecule has 4 nitrogen and oxygen atoms in total. The SMILES string of the molecule is C[C@@](OCc1ccc(-c2ccccc2)cc1)(C(=O)CO)[C@@H](O)C1CC1. The molecule has 1 saturated carbocycles. The Balaban J connectivity index is 1.69. The summed E-state index contributed by atoms with van der Waals surface area (Å²) in [7, 11) is 0. The van der Waals surface area contributed by atoms with Gasteiger partial charge in [0.25, 0.3) is 0 Å². The molecule has 0 unspecified atom stereocenters. The fraction of sp³-hybridized carbons (Fsp3) is 0.381. The summed E-state index contributed by atoms with van der Waals surface area (Å²) in [5, 5.41) is 19.7. The summed E-state index contributed by atoms with van der Waals surface area (Å²) in [5.74, 6) is -0.395. The van der Waals surface area contributed by atoms with Gasteiger partial charge in [-0.2, -0.15) is 0 Å². The molecular formula is C21H24O4. The molecule has 0 heterocycles. The zero-order valence-electron chi connectivity index (χ0n) is 14.4.